The van der Waals surface area contributed by atoms with Gasteiger partial charge in [0.15, 0.2) is 5.76 Å². The number of ether oxygens (including phenoxy) is 1. The Balaban J connectivity index is 2.37. The number of aromatic carboxylic acids is 1. The van der Waals surface area contributed by atoms with Crippen LogP contribution in [0.4, 0.5) is 0 Å². The molecule has 0 spiro atoms. The van der Waals surface area contributed by atoms with Crippen molar-refractivity contribution in [1.29, 1.82) is 0 Å². The minimum absolute atomic E-state index is 0.00500. The molecule has 2 aromatic carbocycles. The van der Waals surface area contributed by atoms with E-state index in [-0.39, 0.29) is 17.1 Å². The van der Waals surface area contributed by atoms with Gasteiger partial charge in [0.05, 0.1) is 12.7 Å². The molecule has 0 aliphatic rings. The van der Waals surface area contributed by atoms with Crippen LogP contribution in [-0.4, -0.2) is 23.3 Å². The van der Waals surface area contributed by atoms with E-state index in [1.165, 1.54) is 25.3 Å². The summed E-state index contributed by atoms with van der Waals surface area (Å²) in [6.07, 6.45) is 0. The number of rotatable bonds is 3. The fraction of sp³-hybridized carbons (Fsp3) is 0.0625. The molecule has 21 heavy (non-hydrogen) atoms. The Morgan fingerprint density at radius 1 is 1.19 bits per heavy atom. The van der Waals surface area contributed by atoms with E-state index in [1.54, 1.807) is 24.3 Å². The predicted octanol–water partition coefficient (Wildman–Crippen LogP) is 3.51. The maximum absolute atomic E-state index is 11.6. The van der Waals surface area contributed by atoms with E-state index in [0.29, 0.717) is 22.3 Å². The van der Waals surface area contributed by atoms with Gasteiger partial charge in [-0.2, -0.15) is 0 Å². The largest absolute Gasteiger partial charge is 0.508 e. The standard InChI is InChI=1S/C16H12O5/c1-20-12-5-3-2-4-10(12)15-14(16(18)19)11-8-9(17)6-7-13(11)21-15/h2-8,17H,1H3,(H,18,19). The fourth-order valence-corrected chi connectivity index (χ4v) is 2.32. The second-order valence-electron chi connectivity index (χ2n) is 4.49. The number of fused-ring (bicyclic) bond motifs is 1. The molecule has 5 nitrogen and oxygen atoms in total. The van der Waals surface area contributed by atoms with Gasteiger partial charge in [-0.15, -0.1) is 0 Å². The zero-order valence-electron chi connectivity index (χ0n) is 11.2. The van der Waals surface area contributed by atoms with Crippen LogP contribution in [0.2, 0.25) is 0 Å². The van der Waals surface area contributed by atoms with Gasteiger partial charge in [0.1, 0.15) is 22.6 Å². The lowest BCUT2D eigenvalue weighted by Crippen LogP contribution is -1.98. The van der Waals surface area contributed by atoms with Crippen molar-refractivity contribution in [2.24, 2.45) is 0 Å². The van der Waals surface area contributed by atoms with Crippen LogP contribution in [0, 0.1) is 0 Å². The third-order valence-electron chi connectivity index (χ3n) is 3.24. The predicted molar refractivity (Wildman–Crippen MR) is 76.8 cm³/mol. The summed E-state index contributed by atoms with van der Waals surface area (Å²) in [4.78, 5) is 11.6. The maximum Gasteiger partial charge on any atom is 0.340 e. The van der Waals surface area contributed by atoms with E-state index < -0.39 is 5.97 Å². The van der Waals surface area contributed by atoms with Gasteiger partial charge in [0.2, 0.25) is 0 Å². The molecule has 0 atom stereocenters. The summed E-state index contributed by atoms with van der Waals surface area (Å²) >= 11 is 0. The summed E-state index contributed by atoms with van der Waals surface area (Å²) < 4.78 is 10.9. The summed E-state index contributed by atoms with van der Waals surface area (Å²) in [5, 5.41) is 19.4. The molecule has 1 aromatic heterocycles. The Morgan fingerprint density at radius 2 is 1.95 bits per heavy atom. The number of carboxylic acids is 1. The highest BCUT2D eigenvalue weighted by Crippen LogP contribution is 2.39. The molecule has 0 aliphatic heterocycles. The summed E-state index contributed by atoms with van der Waals surface area (Å²) in [7, 11) is 1.51. The zero-order valence-corrected chi connectivity index (χ0v) is 11.2. The molecule has 0 unspecified atom stereocenters. The first-order valence-corrected chi connectivity index (χ1v) is 6.24. The summed E-state index contributed by atoms with van der Waals surface area (Å²) in [6, 6.07) is 11.4. The molecule has 0 saturated carbocycles. The van der Waals surface area contributed by atoms with Crippen molar-refractivity contribution < 1.29 is 24.2 Å². The third kappa shape index (κ3) is 2.08. The minimum Gasteiger partial charge on any atom is -0.508 e. The van der Waals surface area contributed by atoms with Crippen molar-refractivity contribution in [1.82, 2.24) is 0 Å². The van der Waals surface area contributed by atoms with Gasteiger partial charge in [0.25, 0.3) is 0 Å². The molecule has 0 fully saturated rings. The van der Waals surface area contributed by atoms with E-state index in [0.717, 1.165) is 0 Å². The average Bonchev–Trinajstić information content (AvgIpc) is 2.85. The van der Waals surface area contributed by atoms with Crippen LogP contribution >= 0.6 is 0 Å². The molecule has 1 heterocycles. The van der Waals surface area contributed by atoms with Crippen molar-refractivity contribution in [2.75, 3.05) is 7.11 Å². The van der Waals surface area contributed by atoms with E-state index in [4.69, 9.17) is 9.15 Å². The van der Waals surface area contributed by atoms with Gasteiger partial charge in [-0.25, -0.2) is 4.79 Å². The van der Waals surface area contributed by atoms with Crippen LogP contribution in [0.1, 0.15) is 10.4 Å². The molecule has 0 radical (unpaired) electrons. The first-order chi connectivity index (χ1) is 10.1. The number of methoxy groups -OCH3 is 1. The van der Waals surface area contributed by atoms with Crippen molar-refractivity contribution in [3.63, 3.8) is 0 Å². The highest BCUT2D eigenvalue weighted by atomic mass is 16.5. The molecular weight excluding hydrogens is 272 g/mol. The Bertz CT molecular complexity index is 832. The normalized spacial score (nSPS) is 10.7. The lowest BCUT2D eigenvalue weighted by Gasteiger charge is -2.06. The zero-order chi connectivity index (χ0) is 15.0. The first-order valence-electron chi connectivity index (χ1n) is 6.24. The number of phenols is 1. The molecule has 0 saturated heterocycles. The Labute approximate surface area is 120 Å². The molecule has 0 bridgehead atoms. The first kappa shape index (κ1) is 13.1. The molecule has 106 valence electrons. The van der Waals surface area contributed by atoms with Crippen molar-refractivity contribution >= 4 is 16.9 Å². The molecule has 2 N–H and O–H groups in total. The summed E-state index contributed by atoms with van der Waals surface area (Å²) in [6.45, 7) is 0. The number of para-hydroxylation sites is 1. The molecular formula is C16H12O5. The quantitative estimate of drug-likeness (QED) is 0.769. The van der Waals surface area contributed by atoms with Gasteiger partial charge in [-0.1, -0.05) is 12.1 Å². The number of carbonyl (C=O) groups is 1. The summed E-state index contributed by atoms with van der Waals surface area (Å²) in [5.41, 5.74) is 0.949. The van der Waals surface area contributed by atoms with Crippen molar-refractivity contribution in [2.45, 2.75) is 0 Å². The lowest BCUT2D eigenvalue weighted by atomic mass is 10.0. The Kier molecular flexibility index (Phi) is 3.02. The number of hydrogen-bond donors (Lipinski definition) is 2. The number of hydrogen-bond acceptors (Lipinski definition) is 4. The van der Waals surface area contributed by atoms with Crippen LogP contribution in [0.5, 0.6) is 11.5 Å². The monoisotopic (exact) mass is 284 g/mol. The average molecular weight is 284 g/mol. The highest BCUT2D eigenvalue weighted by Gasteiger charge is 2.23. The van der Waals surface area contributed by atoms with Gasteiger partial charge in [0, 0.05) is 5.39 Å². The van der Waals surface area contributed by atoms with Gasteiger partial charge in [-0.05, 0) is 30.3 Å². The molecule has 3 rings (SSSR count). The minimum atomic E-state index is -1.12. The Morgan fingerprint density at radius 3 is 2.67 bits per heavy atom. The number of furan rings is 1. The van der Waals surface area contributed by atoms with Crippen LogP contribution in [-0.2, 0) is 0 Å². The van der Waals surface area contributed by atoms with Gasteiger partial charge in [-0.3, -0.25) is 0 Å². The highest BCUT2D eigenvalue weighted by molar-refractivity contribution is 6.08. The lowest BCUT2D eigenvalue weighted by molar-refractivity contribution is 0.0699. The molecule has 3 aromatic rings. The van der Waals surface area contributed by atoms with E-state index >= 15 is 0 Å². The number of benzene rings is 2. The molecule has 0 amide bonds. The number of phenolic OH excluding ortho intramolecular Hbond substituents is 1. The maximum atomic E-state index is 11.6. The second kappa shape index (κ2) is 4.86. The fourth-order valence-electron chi connectivity index (χ4n) is 2.32. The molecule has 0 aliphatic carbocycles. The second-order valence-corrected chi connectivity index (χ2v) is 4.49. The van der Waals surface area contributed by atoms with Gasteiger partial charge >= 0.3 is 5.97 Å². The van der Waals surface area contributed by atoms with E-state index in [2.05, 4.69) is 0 Å². The third-order valence-corrected chi connectivity index (χ3v) is 3.24. The number of aromatic hydroxyl groups is 1. The van der Waals surface area contributed by atoms with Gasteiger partial charge < -0.3 is 19.4 Å². The van der Waals surface area contributed by atoms with E-state index in [9.17, 15) is 15.0 Å². The number of carboxylic acid groups (broad SMARTS) is 1. The summed E-state index contributed by atoms with van der Waals surface area (Å²) in [5.74, 6) is -0.415. The molecule has 5 heteroatoms. The topological polar surface area (TPSA) is 79.9 Å². The Hall–Kier alpha value is -2.95. The van der Waals surface area contributed by atoms with Crippen LogP contribution in [0.3, 0.4) is 0 Å². The SMILES string of the molecule is COc1ccccc1-c1oc2ccc(O)cc2c1C(=O)O. The van der Waals surface area contributed by atoms with Crippen molar-refractivity contribution in [3.05, 3.63) is 48.0 Å². The van der Waals surface area contributed by atoms with Crippen LogP contribution in [0.15, 0.2) is 46.9 Å². The smallest absolute Gasteiger partial charge is 0.340 e. The van der Waals surface area contributed by atoms with Crippen LogP contribution in [0.25, 0.3) is 22.3 Å². The van der Waals surface area contributed by atoms with Crippen LogP contribution < -0.4 is 4.74 Å². The van der Waals surface area contributed by atoms with E-state index in [1.807, 2.05) is 0 Å². The van der Waals surface area contributed by atoms with Crippen molar-refractivity contribution in [3.8, 4) is 22.8 Å².